The van der Waals surface area contributed by atoms with Crippen molar-refractivity contribution >= 4 is 0 Å². The number of nitrogens with one attached hydrogen (secondary N) is 1. The number of hydrogen-bond acceptors (Lipinski definition) is 3. The summed E-state index contributed by atoms with van der Waals surface area (Å²) in [5, 5.41) is 9.36. The van der Waals surface area contributed by atoms with Crippen LogP contribution in [0.5, 0.6) is 0 Å². The molecule has 1 aromatic heterocycles. The van der Waals surface area contributed by atoms with Crippen molar-refractivity contribution in [3.05, 3.63) is 17.7 Å². The van der Waals surface area contributed by atoms with Gasteiger partial charge >= 0.3 is 0 Å². The summed E-state index contributed by atoms with van der Waals surface area (Å²) in [6, 6.07) is 0. The Morgan fingerprint density at radius 2 is 2.44 bits per heavy atom. The number of likely N-dealkylation sites (N-methyl/N-ethyl adjacent to an activating group) is 1. The number of nitrogens with zero attached hydrogens (tertiary/aromatic N) is 2. The molecule has 1 saturated heterocycles. The molecule has 88 valence electrons. The van der Waals surface area contributed by atoms with Gasteiger partial charge in [0.25, 0.3) is 0 Å². The number of likely N-dealkylation sites (tertiary alicyclic amines) is 1. The molecule has 2 N–H and O–H groups in total. The summed E-state index contributed by atoms with van der Waals surface area (Å²) in [6.07, 6.45) is 5.32. The van der Waals surface area contributed by atoms with Crippen LogP contribution >= 0.6 is 0 Å². The highest BCUT2D eigenvalue weighted by atomic mass is 16.3. The van der Waals surface area contributed by atoms with Crippen molar-refractivity contribution in [2.45, 2.75) is 30.6 Å². The molecule has 0 amide bonds. The molecule has 0 bridgehead atoms. The molecule has 3 rings (SSSR count). The highest BCUT2D eigenvalue weighted by molar-refractivity contribution is 5.22. The maximum Gasteiger partial charge on any atom is 0.114 e. The van der Waals surface area contributed by atoms with E-state index in [2.05, 4.69) is 21.9 Å². The van der Waals surface area contributed by atoms with E-state index in [0.717, 1.165) is 25.2 Å². The van der Waals surface area contributed by atoms with E-state index < -0.39 is 0 Å². The van der Waals surface area contributed by atoms with Gasteiger partial charge in [-0.15, -0.1) is 0 Å². The van der Waals surface area contributed by atoms with Crippen molar-refractivity contribution in [1.29, 1.82) is 0 Å². The van der Waals surface area contributed by atoms with Crippen LogP contribution in [0.3, 0.4) is 0 Å². The van der Waals surface area contributed by atoms with Gasteiger partial charge in [0, 0.05) is 24.4 Å². The molecule has 1 saturated carbocycles. The fourth-order valence-electron chi connectivity index (χ4n) is 2.62. The topological polar surface area (TPSA) is 52.1 Å². The molecule has 1 atom stereocenters. The average Bonchev–Trinajstić information content (AvgIpc) is 2.74. The molecule has 4 nitrogen and oxygen atoms in total. The number of aromatic amines is 1. The van der Waals surface area contributed by atoms with Gasteiger partial charge in [-0.2, -0.15) is 0 Å². The lowest BCUT2D eigenvalue weighted by atomic mass is 10.1. The number of imidazole rings is 1. The molecule has 16 heavy (non-hydrogen) atoms. The summed E-state index contributed by atoms with van der Waals surface area (Å²) in [5.41, 5.74) is 1.22. The maximum atomic E-state index is 9.36. The number of hydrogen-bond donors (Lipinski definition) is 2. The van der Waals surface area contributed by atoms with Crippen molar-refractivity contribution in [2.75, 3.05) is 26.7 Å². The fraction of sp³-hybridized carbons (Fsp3) is 0.750. The van der Waals surface area contributed by atoms with E-state index in [4.69, 9.17) is 0 Å². The summed E-state index contributed by atoms with van der Waals surface area (Å²) in [7, 11) is 2.16. The molecule has 1 aliphatic carbocycles. The van der Waals surface area contributed by atoms with Crippen LogP contribution in [-0.4, -0.2) is 46.7 Å². The first kappa shape index (κ1) is 10.3. The Hall–Kier alpha value is -0.870. The molecule has 2 aliphatic rings. The third-order valence-corrected chi connectivity index (χ3v) is 4.09. The van der Waals surface area contributed by atoms with Crippen molar-refractivity contribution in [3.63, 3.8) is 0 Å². The Balaban J connectivity index is 1.78. The molecule has 2 heterocycles. The normalized spacial score (nSPS) is 28.5. The summed E-state index contributed by atoms with van der Waals surface area (Å²) in [5.74, 6) is 1.60. The second-order valence-corrected chi connectivity index (χ2v) is 5.37. The summed E-state index contributed by atoms with van der Waals surface area (Å²) < 4.78 is 0. The van der Waals surface area contributed by atoms with Crippen LogP contribution in [0.4, 0.5) is 0 Å². The Morgan fingerprint density at radius 1 is 1.62 bits per heavy atom. The molecule has 1 aromatic rings. The zero-order valence-electron chi connectivity index (χ0n) is 9.74. The minimum atomic E-state index is -0.0250. The van der Waals surface area contributed by atoms with Gasteiger partial charge in [0.2, 0.25) is 0 Å². The van der Waals surface area contributed by atoms with E-state index in [1.165, 1.54) is 18.7 Å². The van der Waals surface area contributed by atoms with Gasteiger partial charge in [-0.3, -0.25) is 0 Å². The minimum Gasteiger partial charge on any atom is -0.395 e. The lowest BCUT2D eigenvalue weighted by Gasteiger charge is -2.09. The second-order valence-electron chi connectivity index (χ2n) is 5.37. The summed E-state index contributed by atoms with van der Waals surface area (Å²) >= 11 is 0. The van der Waals surface area contributed by atoms with Crippen LogP contribution in [-0.2, 0) is 5.41 Å². The first-order valence-corrected chi connectivity index (χ1v) is 6.08. The number of aromatic nitrogens is 2. The van der Waals surface area contributed by atoms with Crippen molar-refractivity contribution < 1.29 is 5.11 Å². The Kier molecular flexibility index (Phi) is 2.30. The zero-order valence-corrected chi connectivity index (χ0v) is 9.74. The lowest BCUT2D eigenvalue weighted by Crippen LogP contribution is -2.15. The van der Waals surface area contributed by atoms with E-state index in [9.17, 15) is 5.11 Å². The first-order chi connectivity index (χ1) is 7.73. The van der Waals surface area contributed by atoms with Crippen LogP contribution in [0.15, 0.2) is 6.20 Å². The van der Waals surface area contributed by atoms with E-state index in [1.807, 2.05) is 6.20 Å². The molecule has 4 heteroatoms. The number of H-pyrrole nitrogens is 1. The van der Waals surface area contributed by atoms with Gasteiger partial charge in [-0.1, -0.05) is 0 Å². The maximum absolute atomic E-state index is 9.36. The monoisotopic (exact) mass is 221 g/mol. The molecular formula is C12H19N3O. The van der Waals surface area contributed by atoms with Gasteiger partial charge in [-0.25, -0.2) is 4.98 Å². The van der Waals surface area contributed by atoms with Crippen molar-refractivity contribution in [3.8, 4) is 0 Å². The summed E-state index contributed by atoms with van der Waals surface area (Å²) in [6.45, 7) is 2.52. The molecule has 2 fully saturated rings. The van der Waals surface area contributed by atoms with E-state index in [-0.39, 0.29) is 12.0 Å². The van der Waals surface area contributed by atoms with Crippen LogP contribution in [0.25, 0.3) is 0 Å². The van der Waals surface area contributed by atoms with Crippen LogP contribution in [0.2, 0.25) is 0 Å². The molecule has 0 radical (unpaired) electrons. The van der Waals surface area contributed by atoms with Crippen LogP contribution in [0, 0.1) is 0 Å². The average molecular weight is 221 g/mol. The molecule has 0 aromatic carbocycles. The molecule has 1 aliphatic heterocycles. The zero-order chi connectivity index (χ0) is 11.2. The predicted molar refractivity (Wildman–Crippen MR) is 61.4 cm³/mol. The van der Waals surface area contributed by atoms with Gasteiger partial charge in [0.05, 0.1) is 12.0 Å². The SMILES string of the molecule is CN1CCC(c2cnc(C3(CO)CC3)[nH]2)C1. The Morgan fingerprint density at radius 3 is 3.00 bits per heavy atom. The van der Waals surface area contributed by atoms with E-state index in [1.54, 1.807) is 0 Å². The number of aliphatic hydroxyl groups is 1. The summed E-state index contributed by atoms with van der Waals surface area (Å²) in [4.78, 5) is 10.2. The Bertz CT molecular complexity index is 383. The third-order valence-electron chi connectivity index (χ3n) is 4.09. The standard InChI is InChI=1S/C12H19N3O/c1-15-5-2-9(7-15)10-6-13-11(14-10)12(8-16)3-4-12/h6,9,16H,2-5,7-8H2,1H3,(H,13,14). The van der Waals surface area contributed by atoms with Gasteiger partial charge < -0.3 is 15.0 Å². The van der Waals surface area contributed by atoms with Crippen LogP contribution < -0.4 is 0 Å². The number of rotatable bonds is 3. The first-order valence-electron chi connectivity index (χ1n) is 6.08. The highest BCUT2D eigenvalue weighted by Crippen LogP contribution is 2.46. The quantitative estimate of drug-likeness (QED) is 0.795. The van der Waals surface area contributed by atoms with Crippen molar-refractivity contribution in [1.82, 2.24) is 14.9 Å². The van der Waals surface area contributed by atoms with Gasteiger partial charge in [0.15, 0.2) is 0 Å². The third kappa shape index (κ3) is 1.57. The smallest absolute Gasteiger partial charge is 0.114 e. The molecule has 1 unspecified atom stereocenters. The fourth-order valence-corrected chi connectivity index (χ4v) is 2.62. The number of aliphatic hydroxyl groups excluding tert-OH is 1. The molecule has 0 spiro atoms. The van der Waals surface area contributed by atoms with E-state index in [0.29, 0.717) is 5.92 Å². The Labute approximate surface area is 95.7 Å². The lowest BCUT2D eigenvalue weighted by molar-refractivity contribution is 0.250. The molecular weight excluding hydrogens is 202 g/mol. The van der Waals surface area contributed by atoms with Gasteiger partial charge in [0.1, 0.15) is 5.82 Å². The highest BCUT2D eigenvalue weighted by Gasteiger charge is 2.46. The minimum absolute atomic E-state index is 0.0250. The predicted octanol–water partition coefficient (Wildman–Crippen LogP) is 0.853. The van der Waals surface area contributed by atoms with Crippen molar-refractivity contribution in [2.24, 2.45) is 0 Å². The largest absolute Gasteiger partial charge is 0.395 e. The van der Waals surface area contributed by atoms with E-state index >= 15 is 0 Å². The second kappa shape index (κ2) is 3.57. The van der Waals surface area contributed by atoms with Gasteiger partial charge in [-0.05, 0) is 32.9 Å². The van der Waals surface area contributed by atoms with Crippen LogP contribution in [0.1, 0.15) is 36.7 Å².